The van der Waals surface area contributed by atoms with Gasteiger partial charge in [0.25, 0.3) is 10.2 Å². The van der Waals surface area contributed by atoms with Gasteiger partial charge >= 0.3 is 0 Å². The molecule has 0 unspecified atom stereocenters. The smallest absolute Gasteiger partial charge is 0.282 e. The van der Waals surface area contributed by atoms with Crippen molar-refractivity contribution in [3.8, 4) is 0 Å². The normalized spacial score (nSPS) is 16.9. The molecule has 1 aliphatic heterocycles. The van der Waals surface area contributed by atoms with Gasteiger partial charge in [-0.25, -0.2) is 0 Å². The van der Waals surface area contributed by atoms with Crippen molar-refractivity contribution in [3.05, 3.63) is 30.1 Å². The van der Waals surface area contributed by atoms with E-state index in [0.717, 1.165) is 18.4 Å². The fraction of sp³-hybridized carbons (Fsp3) is 0.615. The van der Waals surface area contributed by atoms with Gasteiger partial charge in [0.15, 0.2) is 0 Å². The van der Waals surface area contributed by atoms with E-state index in [4.69, 9.17) is 5.73 Å². The molecule has 0 spiro atoms. The van der Waals surface area contributed by atoms with Crippen LogP contribution in [0.3, 0.4) is 0 Å². The van der Waals surface area contributed by atoms with Gasteiger partial charge in [0, 0.05) is 38.6 Å². The summed E-state index contributed by atoms with van der Waals surface area (Å²) in [5.41, 5.74) is 6.42. The van der Waals surface area contributed by atoms with E-state index in [0.29, 0.717) is 39.1 Å². The Hall–Kier alpha value is -1.02. The molecule has 0 aromatic carbocycles. The number of aromatic nitrogens is 1. The first-order valence-electron chi connectivity index (χ1n) is 6.99. The molecule has 1 aliphatic rings. The van der Waals surface area contributed by atoms with Crippen LogP contribution < -0.4 is 5.73 Å². The van der Waals surface area contributed by atoms with E-state index in [9.17, 15) is 8.42 Å². The average molecular weight is 298 g/mol. The molecule has 2 N–H and O–H groups in total. The minimum absolute atomic E-state index is 0.354. The van der Waals surface area contributed by atoms with Crippen molar-refractivity contribution in [3.63, 3.8) is 0 Å². The molecular formula is C13H22N4O2S. The fourth-order valence-corrected chi connectivity index (χ4v) is 4.04. The summed E-state index contributed by atoms with van der Waals surface area (Å²) in [4.78, 5) is 4.04. The zero-order valence-corrected chi connectivity index (χ0v) is 12.4. The first kappa shape index (κ1) is 15.4. The van der Waals surface area contributed by atoms with Crippen LogP contribution in [0.1, 0.15) is 24.8 Å². The molecule has 2 rings (SSSR count). The first-order valence-corrected chi connectivity index (χ1v) is 8.38. The SMILES string of the molecule is NCCCN(Cc1cccnc1)S(=O)(=O)N1CCCC1. The van der Waals surface area contributed by atoms with E-state index in [2.05, 4.69) is 4.98 Å². The van der Waals surface area contributed by atoms with Gasteiger partial charge in [-0.05, 0) is 37.4 Å². The molecule has 1 saturated heterocycles. The molecule has 2 heterocycles. The highest BCUT2D eigenvalue weighted by Gasteiger charge is 2.31. The lowest BCUT2D eigenvalue weighted by molar-refractivity contribution is 0.352. The van der Waals surface area contributed by atoms with Crippen molar-refractivity contribution in [2.75, 3.05) is 26.2 Å². The Morgan fingerprint density at radius 1 is 1.35 bits per heavy atom. The monoisotopic (exact) mass is 298 g/mol. The van der Waals surface area contributed by atoms with Crippen LogP contribution in [0.15, 0.2) is 24.5 Å². The van der Waals surface area contributed by atoms with Crippen LogP contribution in [-0.4, -0.2) is 48.2 Å². The molecular weight excluding hydrogens is 276 g/mol. The zero-order chi connectivity index (χ0) is 14.4. The zero-order valence-electron chi connectivity index (χ0n) is 11.6. The summed E-state index contributed by atoms with van der Waals surface area (Å²) in [6, 6.07) is 3.71. The molecule has 0 aliphatic carbocycles. The lowest BCUT2D eigenvalue weighted by atomic mass is 10.3. The Balaban J connectivity index is 2.13. The maximum Gasteiger partial charge on any atom is 0.282 e. The third-order valence-corrected chi connectivity index (χ3v) is 5.39. The molecule has 1 fully saturated rings. The van der Waals surface area contributed by atoms with Gasteiger partial charge in [0.2, 0.25) is 0 Å². The molecule has 6 nitrogen and oxygen atoms in total. The van der Waals surface area contributed by atoms with Gasteiger partial charge in [-0.15, -0.1) is 0 Å². The quantitative estimate of drug-likeness (QED) is 0.798. The highest BCUT2D eigenvalue weighted by molar-refractivity contribution is 7.86. The molecule has 1 aromatic heterocycles. The molecule has 112 valence electrons. The number of nitrogens with two attached hydrogens (primary N) is 1. The second-order valence-electron chi connectivity index (χ2n) is 4.95. The predicted molar refractivity (Wildman–Crippen MR) is 78.0 cm³/mol. The topological polar surface area (TPSA) is 79.5 Å². The maximum atomic E-state index is 12.6. The Morgan fingerprint density at radius 3 is 2.70 bits per heavy atom. The molecule has 0 atom stereocenters. The van der Waals surface area contributed by atoms with Crippen molar-refractivity contribution in [2.24, 2.45) is 5.73 Å². The van der Waals surface area contributed by atoms with Crippen molar-refractivity contribution in [1.82, 2.24) is 13.6 Å². The summed E-state index contributed by atoms with van der Waals surface area (Å²) in [6.45, 7) is 2.53. The average Bonchev–Trinajstić information content (AvgIpc) is 2.99. The van der Waals surface area contributed by atoms with Crippen LogP contribution in [0.25, 0.3) is 0 Å². The van der Waals surface area contributed by atoms with E-state index in [1.54, 1.807) is 16.7 Å². The number of nitrogens with zero attached hydrogens (tertiary/aromatic N) is 3. The van der Waals surface area contributed by atoms with E-state index >= 15 is 0 Å². The summed E-state index contributed by atoms with van der Waals surface area (Å²) in [5, 5.41) is 0. The third kappa shape index (κ3) is 3.76. The number of hydrogen-bond donors (Lipinski definition) is 1. The molecule has 20 heavy (non-hydrogen) atoms. The highest BCUT2D eigenvalue weighted by atomic mass is 32.2. The van der Waals surface area contributed by atoms with E-state index in [1.165, 1.54) is 4.31 Å². The van der Waals surface area contributed by atoms with Crippen LogP contribution in [0.4, 0.5) is 0 Å². The lowest BCUT2D eigenvalue weighted by Crippen LogP contribution is -2.42. The summed E-state index contributed by atoms with van der Waals surface area (Å²) in [5.74, 6) is 0. The summed E-state index contributed by atoms with van der Waals surface area (Å²) < 4.78 is 28.4. The van der Waals surface area contributed by atoms with Crippen LogP contribution in [0.5, 0.6) is 0 Å². The Labute approximate surface area is 120 Å². The van der Waals surface area contributed by atoms with Crippen LogP contribution in [0.2, 0.25) is 0 Å². The Bertz CT molecular complexity index is 500. The van der Waals surface area contributed by atoms with E-state index in [1.807, 2.05) is 12.1 Å². The molecule has 0 saturated carbocycles. The lowest BCUT2D eigenvalue weighted by Gasteiger charge is -2.27. The summed E-state index contributed by atoms with van der Waals surface area (Å²) in [7, 11) is -3.39. The van der Waals surface area contributed by atoms with E-state index < -0.39 is 10.2 Å². The van der Waals surface area contributed by atoms with Crippen LogP contribution in [0, 0.1) is 0 Å². The van der Waals surface area contributed by atoms with Gasteiger partial charge in [-0.3, -0.25) is 4.98 Å². The molecule has 0 amide bonds. The second kappa shape index (κ2) is 7.12. The molecule has 1 aromatic rings. The molecule has 7 heteroatoms. The van der Waals surface area contributed by atoms with Crippen molar-refractivity contribution in [2.45, 2.75) is 25.8 Å². The highest BCUT2D eigenvalue weighted by Crippen LogP contribution is 2.18. The van der Waals surface area contributed by atoms with Gasteiger partial charge in [0.1, 0.15) is 0 Å². The van der Waals surface area contributed by atoms with Gasteiger partial charge in [0.05, 0.1) is 0 Å². The Morgan fingerprint density at radius 2 is 2.10 bits per heavy atom. The largest absolute Gasteiger partial charge is 0.330 e. The van der Waals surface area contributed by atoms with Crippen molar-refractivity contribution >= 4 is 10.2 Å². The minimum atomic E-state index is -3.39. The van der Waals surface area contributed by atoms with Gasteiger partial charge < -0.3 is 5.73 Å². The molecule has 0 radical (unpaired) electrons. The standard InChI is InChI=1S/C13H22N4O2S/c14-6-4-10-17(12-13-5-3-7-15-11-13)20(18,19)16-8-1-2-9-16/h3,5,7,11H,1-2,4,6,8-10,12,14H2. The summed E-state index contributed by atoms with van der Waals surface area (Å²) >= 11 is 0. The molecule has 0 bridgehead atoms. The number of pyridine rings is 1. The second-order valence-corrected chi connectivity index (χ2v) is 6.88. The van der Waals surface area contributed by atoms with Crippen molar-refractivity contribution < 1.29 is 8.42 Å². The number of rotatable bonds is 7. The van der Waals surface area contributed by atoms with E-state index in [-0.39, 0.29) is 0 Å². The van der Waals surface area contributed by atoms with Gasteiger partial charge in [-0.1, -0.05) is 6.07 Å². The fourth-order valence-electron chi connectivity index (χ4n) is 2.32. The third-order valence-electron chi connectivity index (χ3n) is 3.41. The number of hydrogen-bond acceptors (Lipinski definition) is 4. The van der Waals surface area contributed by atoms with Gasteiger partial charge in [-0.2, -0.15) is 17.0 Å². The Kier molecular flexibility index (Phi) is 5.47. The first-order chi connectivity index (χ1) is 9.64. The van der Waals surface area contributed by atoms with Crippen LogP contribution in [-0.2, 0) is 16.8 Å². The predicted octanol–water partition coefficient (Wildman–Crippen LogP) is 0.573. The van der Waals surface area contributed by atoms with Crippen LogP contribution >= 0.6 is 0 Å². The minimum Gasteiger partial charge on any atom is -0.330 e. The maximum absolute atomic E-state index is 12.6. The van der Waals surface area contributed by atoms with Crippen molar-refractivity contribution in [1.29, 1.82) is 0 Å². The summed E-state index contributed by atoms with van der Waals surface area (Å²) in [6.07, 6.45) is 5.93.